The van der Waals surface area contributed by atoms with Crippen molar-refractivity contribution in [1.82, 2.24) is 0 Å². The number of aromatic carboxylic acids is 1. The number of carboxylic acids is 1. The number of thiophene rings is 1. The maximum atomic E-state index is 11.6. The molecule has 1 heterocycles. The molecule has 0 spiro atoms. The van der Waals surface area contributed by atoms with Gasteiger partial charge in [0, 0.05) is 10.3 Å². The fourth-order valence-corrected chi connectivity index (χ4v) is 5.98. The van der Waals surface area contributed by atoms with Crippen molar-refractivity contribution >= 4 is 17.3 Å². The van der Waals surface area contributed by atoms with Crippen LogP contribution in [0, 0.1) is 25.2 Å². The molecule has 2 rings (SSSR count). The standard InChI is InChI=1S/C26H38O3S/c1-9-26(10-2,21-15-17(4)22(30-21)24(28)29)20-12-11-19(16(3)14-20)13-18(5)23(27)25(6,7)8/h11-12,14-15,18,23,27H,9-10,13H2,1-8H3,(H,28,29). The van der Waals surface area contributed by atoms with Crippen LogP contribution in [0.2, 0.25) is 0 Å². The zero-order valence-corrected chi connectivity index (χ0v) is 20.6. The molecule has 0 aliphatic carbocycles. The molecule has 3 nitrogen and oxygen atoms in total. The van der Waals surface area contributed by atoms with Gasteiger partial charge in [-0.25, -0.2) is 4.79 Å². The summed E-state index contributed by atoms with van der Waals surface area (Å²) in [6.45, 7) is 16.8. The molecule has 0 saturated carbocycles. The number of carbonyl (C=O) groups is 1. The van der Waals surface area contributed by atoms with E-state index in [4.69, 9.17) is 0 Å². The second kappa shape index (κ2) is 9.23. The quantitative estimate of drug-likeness (QED) is 0.487. The predicted octanol–water partition coefficient (Wildman–Crippen LogP) is 6.75. The lowest BCUT2D eigenvalue weighted by Gasteiger charge is -2.33. The van der Waals surface area contributed by atoms with Crippen LogP contribution in [-0.2, 0) is 11.8 Å². The Balaban J connectivity index is 2.43. The highest BCUT2D eigenvalue weighted by atomic mass is 32.1. The summed E-state index contributed by atoms with van der Waals surface area (Å²) in [5, 5.41) is 20.2. The van der Waals surface area contributed by atoms with E-state index in [1.807, 2.05) is 6.92 Å². The first kappa shape index (κ1) is 24.6. The number of aryl methyl sites for hydroxylation is 2. The Labute approximate surface area is 186 Å². The van der Waals surface area contributed by atoms with E-state index in [9.17, 15) is 15.0 Å². The van der Waals surface area contributed by atoms with Gasteiger partial charge in [0.2, 0.25) is 0 Å². The van der Waals surface area contributed by atoms with E-state index in [2.05, 4.69) is 72.7 Å². The van der Waals surface area contributed by atoms with E-state index in [1.165, 1.54) is 28.0 Å². The van der Waals surface area contributed by atoms with E-state index >= 15 is 0 Å². The summed E-state index contributed by atoms with van der Waals surface area (Å²) < 4.78 is 0. The van der Waals surface area contributed by atoms with Gasteiger partial charge < -0.3 is 10.2 Å². The largest absolute Gasteiger partial charge is 0.477 e. The fraction of sp³-hybridized carbons (Fsp3) is 0.577. The van der Waals surface area contributed by atoms with E-state index < -0.39 is 5.97 Å². The van der Waals surface area contributed by atoms with Crippen molar-refractivity contribution in [3.8, 4) is 0 Å². The third kappa shape index (κ3) is 4.81. The third-order valence-corrected chi connectivity index (χ3v) is 8.08. The molecule has 0 radical (unpaired) electrons. The Morgan fingerprint density at radius 1 is 1.07 bits per heavy atom. The molecular formula is C26H38O3S. The highest BCUT2D eigenvalue weighted by Gasteiger charge is 2.34. The molecule has 0 saturated heterocycles. The summed E-state index contributed by atoms with van der Waals surface area (Å²) in [6, 6.07) is 8.75. The number of hydrogen-bond donors (Lipinski definition) is 2. The van der Waals surface area contributed by atoms with Crippen LogP contribution in [0.25, 0.3) is 0 Å². The van der Waals surface area contributed by atoms with E-state index in [0.717, 1.165) is 29.7 Å². The normalized spacial score (nSPS) is 14.6. The Morgan fingerprint density at radius 2 is 1.67 bits per heavy atom. The van der Waals surface area contributed by atoms with Crippen LogP contribution in [0.1, 0.15) is 91.2 Å². The maximum absolute atomic E-state index is 11.6. The second-order valence-electron chi connectivity index (χ2n) is 9.85. The Bertz CT molecular complexity index is 884. The van der Waals surface area contributed by atoms with Crippen molar-refractivity contribution in [2.45, 2.75) is 86.2 Å². The van der Waals surface area contributed by atoms with Crippen molar-refractivity contribution in [2.24, 2.45) is 11.3 Å². The number of benzene rings is 1. The van der Waals surface area contributed by atoms with E-state index in [-0.39, 0.29) is 22.9 Å². The molecule has 2 N–H and O–H groups in total. The zero-order chi connectivity index (χ0) is 22.9. The maximum Gasteiger partial charge on any atom is 0.346 e. The van der Waals surface area contributed by atoms with Crippen LogP contribution in [0.5, 0.6) is 0 Å². The lowest BCUT2D eigenvalue weighted by Crippen LogP contribution is -2.33. The van der Waals surface area contributed by atoms with Gasteiger partial charge in [-0.05, 0) is 72.8 Å². The SMILES string of the molecule is CCC(CC)(c1ccc(CC(C)C(O)C(C)(C)C)c(C)c1)c1cc(C)c(C(=O)O)s1. The molecule has 4 heteroatoms. The number of hydrogen-bond acceptors (Lipinski definition) is 3. The number of rotatable bonds is 8. The van der Waals surface area contributed by atoms with Gasteiger partial charge in [-0.15, -0.1) is 11.3 Å². The molecule has 2 atom stereocenters. The van der Waals surface area contributed by atoms with Crippen LogP contribution in [0.15, 0.2) is 24.3 Å². The summed E-state index contributed by atoms with van der Waals surface area (Å²) in [6.07, 6.45) is 2.32. The Morgan fingerprint density at radius 3 is 2.10 bits per heavy atom. The minimum absolute atomic E-state index is 0.133. The zero-order valence-electron chi connectivity index (χ0n) is 19.8. The lowest BCUT2D eigenvalue weighted by atomic mass is 9.73. The van der Waals surface area contributed by atoms with Crippen molar-refractivity contribution in [1.29, 1.82) is 0 Å². The first-order valence-electron chi connectivity index (χ1n) is 11.0. The summed E-state index contributed by atoms with van der Waals surface area (Å²) >= 11 is 1.41. The topological polar surface area (TPSA) is 57.5 Å². The molecule has 30 heavy (non-hydrogen) atoms. The summed E-state index contributed by atoms with van der Waals surface area (Å²) in [4.78, 5) is 13.2. The van der Waals surface area contributed by atoms with Crippen molar-refractivity contribution in [2.75, 3.05) is 0 Å². The number of aliphatic hydroxyl groups excluding tert-OH is 1. The molecule has 0 fully saturated rings. The highest BCUT2D eigenvalue weighted by molar-refractivity contribution is 7.14. The van der Waals surface area contributed by atoms with Crippen LogP contribution in [0.4, 0.5) is 0 Å². The molecule has 0 amide bonds. The van der Waals surface area contributed by atoms with E-state index in [0.29, 0.717) is 4.88 Å². The van der Waals surface area contributed by atoms with Crippen LogP contribution in [-0.4, -0.2) is 22.3 Å². The number of aliphatic hydroxyl groups is 1. The smallest absolute Gasteiger partial charge is 0.346 e. The van der Waals surface area contributed by atoms with Crippen molar-refractivity contribution in [3.63, 3.8) is 0 Å². The third-order valence-electron chi connectivity index (χ3n) is 6.65. The van der Waals surface area contributed by atoms with Crippen molar-refractivity contribution < 1.29 is 15.0 Å². The van der Waals surface area contributed by atoms with Gasteiger partial charge in [-0.2, -0.15) is 0 Å². The number of carboxylic acid groups (broad SMARTS) is 1. The molecule has 1 aromatic heterocycles. The fourth-order valence-electron chi connectivity index (χ4n) is 4.61. The monoisotopic (exact) mass is 430 g/mol. The first-order chi connectivity index (χ1) is 13.9. The van der Waals surface area contributed by atoms with Crippen molar-refractivity contribution in [3.05, 3.63) is 56.3 Å². The van der Waals surface area contributed by atoms with Gasteiger partial charge >= 0.3 is 5.97 Å². The van der Waals surface area contributed by atoms with Gasteiger partial charge in [-0.1, -0.05) is 59.7 Å². The van der Waals surface area contributed by atoms with Crippen LogP contribution >= 0.6 is 11.3 Å². The summed E-state index contributed by atoms with van der Waals surface area (Å²) in [5.74, 6) is -0.669. The molecule has 0 aliphatic heterocycles. The van der Waals surface area contributed by atoms with Gasteiger partial charge in [0.15, 0.2) is 0 Å². The van der Waals surface area contributed by atoms with Gasteiger partial charge in [0.25, 0.3) is 0 Å². The molecule has 0 aliphatic rings. The summed E-state index contributed by atoms with van der Waals surface area (Å²) in [7, 11) is 0. The average molecular weight is 431 g/mol. The van der Waals surface area contributed by atoms with E-state index in [1.54, 1.807) is 0 Å². The molecule has 1 aromatic carbocycles. The minimum atomic E-state index is -0.845. The molecule has 166 valence electrons. The van der Waals surface area contributed by atoms with Gasteiger partial charge in [0.1, 0.15) is 4.88 Å². The molecule has 0 bridgehead atoms. The molecular weight excluding hydrogens is 392 g/mol. The van der Waals surface area contributed by atoms with Gasteiger partial charge in [-0.3, -0.25) is 0 Å². The average Bonchev–Trinajstić information content (AvgIpc) is 3.06. The summed E-state index contributed by atoms with van der Waals surface area (Å²) in [5.41, 5.74) is 4.28. The van der Waals surface area contributed by atoms with Crippen LogP contribution < -0.4 is 0 Å². The van der Waals surface area contributed by atoms with Gasteiger partial charge in [0.05, 0.1) is 6.10 Å². The molecule has 2 aromatic rings. The predicted molar refractivity (Wildman–Crippen MR) is 127 cm³/mol. The second-order valence-corrected chi connectivity index (χ2v) is 10.9. The Hall–Kier alpha value is -1.65. The Kier molecular flexibility index (Phi) is 7.58. The lowest BCUT2D eigenvalue weighted by molar-refractivity contribution is 0.0182. The highest BCUT2D eigenvalue weighted by Crippen LogP contribution is 2.44. The molecule has 2 unspecified atom stereocenters. The minimum Gasteiger partial charge on any atom is -0.477 e. The van der Waals surface area contributed by atoms with Crippen LogP contribution in [0.3, 0.4) is 0 Å². The first-order valence-corrected chi connectivity index (χ1v) is 11.8.